The number of esters is 1. The number of hydrogen-bond donors (Lipinski definition) is 1. The van der Waals surface area contributed by atoms with Gasteiger partial charge in [0.05, 0.1) is 7.11 Å². The lowest BCUT2D eigenvalue weighted by Gasteiger charge is -2.04. The summed E-state index contributed by atoms with van der Waals surface area (Å²) in [7, 11) is 1.44. The topological polar surface area (TPSA) is 72.8 Å². The van der Waals surface area contributed by atoms with Crippen LogP contribution in [0.4, 0.5) is 0 Å². The van der Waals surface area contributed by atoms with Gasteiger partial charge in [-0.3, -0.25) is 4.79 Å². The maximum atomic E-state index is 11.7. The maximum Gasteiger partial charge on any atom is 0.336 e. The van der Waals surface area contributed by atoms with Crippen LogP contribution in [0.3, 0.4) is 0 Å². The predicted octanol–water partition coefficient (Wildman–Crippen LogP) is 2.83. The average molecular weight is 298 g/mol. The molecule has 0 saturated carbocycles. The van der Waals surface area contributed by atoms with Crippen molar-refractivity contribution in [3.63, 3.8) is 0 Å². The van der Waals surface area contributed by atoms with E-state index in [0.717, 1.165) is 0 Å². The second-order valence-electron chi connectivity index (χ2n) is 4.37. The quantitative estimate of drug-likeness (QED) is 0.398. The number of phenolic OH excluding ortho intramolecular Hbond substituents is 1. The number of aromatic hydroxyl groups is 1. The van der Waals surface area contributed by atoms with E-state index in [1.54, 1.807) is 42.5 Å². The Morgan fingerprint density at radius 2 is 1.77 bits per heavy atom. The van der Waals surface area contributed by atoms with Crippen molar-refractivity contribution in [1.82, 2.24) is 0 Å². The van der Waals surface area contributed by atoms with Gasteiger partial charge in [0.2, 0.25) is 0 Å². The Balaban J connectivity index is 2.02. The van der Waals surface area contributed by atoms with E-state index in [-0.39, 0.29) is 5.75 Å². The number of methoxy groups -OCH3 is 1. The summed E-state index contributed by atoms with van der Waals surface area (Å²) in [6.45, 7) is 0. The fraction of sp³-hybridized carbons (Fsp3) is 0.0588. The van der Waals surface area contributed by atoms with Crippen LogP contribution in [0, 0.1) is 0 Å². The molecular weight excluding hydrogens is 284 g/mol. The highest BCUT2D eigenvalue weighted by atomic mass is 16.5. The van der Waals surface area contributed by atoms with E-state index in [2.05, 4.69) is 0 Å². The van der Waals surface area contributed by atoms with E-state index in [4.69, 9.17) is 9.47 Å². The van der Waals surface area contributed by atoms with E-state index in [0.29, 0.717) is 28.9 Å². The van der Waals surface area contributed by atoms with Gasteiger partial charge in [0.15, 0.2) is 11.5 Å². The molecule has 2 aromatic rings. The van der Waals surface area contributed by atoms with Crippen molar-refractivity contribution in [3.05, 3.63) is 59.7 Å². The van der Waals surface area contributed by atoms with Crippen molar-refractivity contribution in [2.75, 3.05) is 7.11 Å². The van der Waals surface area contributed by atoms with Gasteiger partial charge in [-0.25, -0.2) is 4.79 Å². The van der Waals surface area contributed by atoms with Crippen LogP contribution in [0.2, 0.25) is 0 Å². The molecule has 22 heavy (non-hydrogen) atoms. The van der Waals surface area contributed by atoms with Crippen LogP contribution in [0.1, 0.15) is 15.9 Å². The Kier molecular flexibility index (Phi) is 4.93. The Bertz CT molecular complexity index is 701. The normalized spacial score (nSPS) is 10.4. The summed E-state index contributed by atoms with van der Waals surface area (Å²) in [6, 6.07) is 10.9. The minimum absolute atomic E-state index is 0.0255. The Hall–Kier alpha value is -3.08. The van der Waals surface area contributed by atoms with Gasteiger partial charge in [0, 0.05) is 11.6 Å². The predicted molar refractivity (Wildman–Crippen MR) is 81.2 cm³/mol. The molecule has 0 unspecified atom stereocenters. The minimum Gasteiger partial charge on any atom is -0.504 e. The third kappa shape index (κ3) is 3.96. The van der Waals surface area contributed by atoms with Crippen LogP contribution in [-0.4, -0.2) is 24.5 Å². The number of carbonyl (C=O) groups excluding carboxylic acids is 2. The van der Waals surface area contributed by atoms with Crippen molar-refractivity contribution >= 4 is 18.3 Å². The molecule has 0 amide bonds. The van der Waals surface area contributed by atoms with Crippen molar-refractivity contribution in [3.8, 4) is 17.2 Å². The molecule has 0 aliphatic rings. The monoisotopic (exact) mass is 298 g/mol. The zero-order valence-electron chi connectivity index (χ0n) is 11.9. The molecule has 0 radical (unpaired) electrons. The first kappa shape index (κ1) is 15.3. The van der Waals surface area contributed by atoms with Gasteiger partial charge in [-0.2, -0.15) is 0 Å². The Morgan fingerprint density at radius 1 is 1.09 bits per heavy atom. The number of hydrogen-bond acceptors (Lipinski definition) is 5. The second kappa shape index (κ2) is 7.08. The Morgan fingerprint density at radius 3 is 2.41 bits per heavy atom. The summed E-state index contributed by atoms with van der Waals surface area (Å²) >= 11 is 0. The molecule has 0 fully saturated rings. The van der Waals surface area contributed by atoms with Crippen molar-refractivity contribution in [1.29, 1.82) is 0 Å². The lowest BCUT2D eigenvalue weighted by molar-refractivity contribution is -0.128. The summed E-state index contributed by atoms with van der Waals surface area (Å²) < 4.78 is 10.1. The second-order valence-corrected chi connectivity index (χ2v) is 4.37. The van der Waals surface area contributed by atoms with Gasteiger partial charge in [-0.1, -0.05) is 6.07 Å². The van der Waals surface area contributed by atoms with Crippen LogP contribution < -0.4 is 9.47 Å². The zero-order valence-corrected chi connectivity index (χ0v) is 11.9. The highest BCUT2D eigenvalue weighted by Gasteiger charge is 2.03. The summed E-state index contributed by atoms with van der Waals surface area (Å²) in [6.07, 6.45) is 3.52. The van der Waals surface area contributed by atoms with Crippen LogP contribution in [0.25, 0.3) is 6.08 Å². The molecule has 0 aliphatic carbocycles. The lowest BCUT2D eigenvalue weighted by atomic mass is 10.2. The first-order chi connectivity index (χ1) is 10.6. The van der Waals surface area contributed by atoms with Crippen LogP contribution in [-0.2, 0) is 4.79 Å². The average Bonchev–Trinajstić information content (AvgIpc) is 2.55. The first-order valence-corrected chi connectivity index (χ1v) is 6.44. The molecule has 0 atom stereocenters. The molecule has 5 nitrogen and oxygen atoms in total. The van der Waals surface area contributed by atoms with Crippen LogP contribution in [0.5, 0.6) is 17.2 Å². The SMILES string of the molecule is COc1cc(C=CC(=O)Oc2ccc(C=O)cc2)ccc1O. The highest BCUT2D eigenvalue weighted by Crippen LogP contribution is 2.26. The van der Waals surface area contributed by atoms with Crippen LogP contribution >= 0.6 is 0 Å². The number of carbonyl (C=O) groups is 2. The summed E-state index contributed by atoms with van der Waals surface area (Å²) in [5, 5.41) is 9.48. The number of ether oxygens (including phenoxy) is 2. The third-order valence-corrected chi connectivity index (χ3v) is 2.85. The van der Waals surface area contributed by atoms with E-state index >= 15 is 0 Å². The molecular formula is C17H14O5. The van der Waals surface area contributed by atoms with Crippen LogP contribution in [0.15, 0.2) is 48.5 Å². The molecule has 0 spiro atoms. The fourth-order valence-electron chi connectivity index (χ4n) is 1.73. The van der Waals surface area contributed by atoms with Gasteiger partial charge in [-0.05, 0) is 48.0 Å². The molecule has 0 saturated heterocycles. The van der Waals surface area contributed by atoms with Gasteiger partial charge >= 0.3 is 5.97 Å². The molecule has 0 aromatic heterocycles. The molecule has 2 aromatic carbocycles. The van der Waals surface area contributed by atoms with Gasteiger partial charge in [-0.15, -0.1) is 0 Å². The highest BCUT2D eigenvalue weighted by molar-refractivity contribution is 5.89. The molecule has 1 N–H and O–H groups in total. The summed E-state index contributed by atoms with van der Waals surface area (Å²) in [5.41, 5.74) is 1.19. The smallest absolute Gasteiger partial charge is 0.336 e. The standard InChI is InChI=1S/C17H14O5/c1-21-16-10-12(4-8-15(16)19)5-9-17(20)22-14-6-2-13(11-18)3-7-14/h2-11,19H,1H3. The molecule has 0 heterocycles. The maximum absolute atomic E-state index is 11.7. The lowest BCUT2D eigenvalue weighted by Crippen LogP contribution is -2.03. The van der Waals surface area contributed by atoms with Gasteiger partial charge in [0.1, 0.15) is 12.0 Å². The molecule has 2 rings (SSSR count). The van der Waals surface area contributed by atoms with E-state index < -0.39 is 5.97 Å². The van der Waals surface area contributed by atoms with Gasteiger partial charge < -0.3 is 14.6 Å². The summed E-state index contributed by atoms with van der Waals surface area (Å²) in [4.78, 5) is 22.2. The minimum atomic E-state index is -0.550. The van der Waals surface area contributed by atoms with E-state index in [1.807, 2.05) is 0 Å². The summed E-state index contributed by atoms with van der Waals surface area (Å²) in [5.74, 6) is 0.145. The van der Waals surface area contributed by atoms with E-state index in [9.17, 15) is 14.7 Å². The number of phenols is 1. The van der Waals surface area contributed by atoms with Crippen molar-refractivity contribution < 1.29 is 24.2 Å². The fourth-order valence-corrected chi connectivity index (χ4v) is 1.73. The van der Waals surface area contributed by atoms with E-state index in [1.165, 1.54) is 19.3 Å². The van der Waals surface area contributed by atoms with Crippen molar-refractivity contribution in [2.45, 2.75) is 0 Å². The largest absolute Gasteiger partial charge is 0.504 e. The Labute approximate surface area is 127 Å². The number of benzene rings is 2. The number of rotatable bonds is 5. The van der Waals surface area contributed by atoms with Crippen molar-refractivity contribution in [2.24, 2.45) is 0 Å². The van der Waals surface area contributed by atoms with Gasteiger partial charge in [0.25, 0.3) is 0 Å². The molecule has 0 aliphatic heterocycles. The molecule has 112 valence electrons. The first-order valence-electron chi connectivity index (χ1n) is 6.44. The number of aldehydes is 1. The zero-order chi connectivity index (χ0) is 15.9. The molecule has 0 bridgehead atoms. The molecule has 5 heteroatoms. The third-order valence-electron chi connectivity index (χ3n) is 2.85.